The number of furan rings is 1. The van der Waals surface area contributed by atoms with E-state index in [9.17, 15) is 5.26 Å². The van der Waals surface area contributed by atoms with Crippen molar-refractivity contribution in [3.8, 4) is 45.9 Å². The second-order valence-electron chi connectivity index (χ2n) is 11.2. The minimum Gasteiger partial charge on any atom is -0.456 e. The fourth-order valence-corrected chi connectivity index (χ4v) is 6.35. The smallest absolute Gasteiger partial charge is 0.165 e. The number of fused-ring (bicyclic) bond motifs is 6. The van der Waals surface area contributed by atoms with Crippen molar-refractivity contribution in [2.24, 2.45) is 0 Å². The number of benzene rings is 6. The van der Waals surface area contributed by atoms with Gasteiger partial charge in [0.05, 0.1) is 22.7 Å². The highest BCUT2D eigenvalue weighted by Gasteiger charge is 2.19. The molecule has 46 heavy (non-hydrogen) atoms. The van der Waals surface area contributed by atoms with Crippen molar-refractivity contribution >= 4 is 43.7 Å². The van der Waals surface area contributed by atoms with Crippen molar-refractivity contribution in [1.29, 1.82) is 5.26 Å². The first-order valence-corrected chi connectivity index (χ1v) is 15.0. The average molecular weight is 590 g/mol. The maximum absolute atomic E-state index is 10.5. The van der Waals surface area contributed by atoms with Gasteiger partial charge in [-0.25, -0.2) is 15.0 Å². The van der Waals surface area contributed by atoms with E-state index in [0.717, 1.165) is 60.6 Å². The van der Waals surface area contributed by atoms with Crippen LogP contribution in [-0.4, -0.2) is 19.5 Å². The molecule has 0 fully saturated rings. The topological polar surface area (TPSA) is 80.5 Å². The molecule has 0 N–H and O–H groups in total. The summed E-state index contributed by atoms with van der Waals surface area (Å²) in [6.45, 7) is 0. The Labute approximate surface area is 263 Å². The lowest BCUT2D eigenvalue weighted by Gasteiger charge is -2.12. The molecule has 0 aliphatic rings. The van der Waals surface area contributed by atoms with Gasteiger partial charge in [0.15, 0.2) is 17.5 Å². The Morgan fingerprint density at radius 3 is 1.85 bits per heavy atom. The molecule has 6 heteroatoms. The third kappa shape index (κ3) is 4.07. The van der Waals surface area contributed by atoms with Crippen molar-refractivity contribution in [2.75, 3.05) is 0 Å². The van der Waals surface area contributed by atoms with Crippen molar-refractivity contribution in [1.82, 2.24) is 19.5 Å². The number of hydrogen-bond acceptors (Lipinski definition) is 5. The highest BCUT2D eigenvalue weighted by molar-refractivity contribution is 6.17. The zero-order valence-corrected chi connectivity index (χ0v) is 24.4. The summed E-state index contributed by atoms with van der Waals surface area (Å²) in [4.78, 5) is 14.5. The number of para-hydroxylation sites is 2. The SMILES string of the molecule is N#Cc1cc(-n2c3ccccc3c3cc4oc5ccccc5c4cc32)ccc1-c1nc(-c2ccccc2)nc(-c2ccccc2)n1. The van der Waals surface area contributed by atoms with Crippen molar-refractivity contribution in [2.45, 2.75) is 0 Å². The summed E-state index contributed by atoms with van der Waals surface area (Å²) in [5.41, 5.74) is 7.54. The second-order valence-corrected chi connectivity index (χ2v) is 11.2. The molecule has 0 saturated heterocycles. The molecule has 0 radical (unpaired) electrons. The molecular formula is C40H23N5O. The fraction of sp³-hybridized carbons (Fsp3) is 0. The summed E-state index contributed by atoms with van der Waals surface area (Å²) in [5, 5.41) is 14.8. The monoisotopic (exact) mass is 589 g/mol. The summed E-state index contributed by atoms with van der Waals surface area (Å²) < 4.78 is 8.45. The first-order chi connectivity index (χ1) is 22.7. The number of hydrogen-bond donors (Lipinski definition) is 0. The van der Waals surface area contributed by atoms with Crippen LogP contribution in [0.15, 0.2) is 144 Å². The van der Waals surface area contributed by atoms with Gasteiger partial charge in [0.2, 0.25) is 0 Å². The summed E-state index contributed by atoms with van der Waals surface area (Å²) >= 11 is 0. The van der Waals surface area contributed by atoms with Crippen LogP contribution in [0.25, 0.3) is 83.6 Å². The predicted molar refractivity (Wildman–Crippen MR) is 182 cm³/mol. The predicted octanol–water partition coefficient (Wildman–Crippen LogP) is 9.74. The normalized spacial score (nSPS) is 11.5. The van der Waals surface area contributed by atoms with Crippen LogP contribution < -0.4 is 0 Å². The van der Waals surface area contributed by atoms with E-state index in [0.29, 0.717) is 28.6 Å². The Morgan fingerprint density at radius 2 is 1.13 bits per heavy atom. The van der Waals surface area contributed by atoms with Crippen LogP contribution in [0.1, 0.15) is 5.56 Å². The van der Waals surface area contributed by atoms with Crippen molar-refractivity contribution in [3.63, 3.8) is 0 Å². The Hall–Kier alpha value is -6.58. The molecule has 0 unspecified atom stereocenters. The zero-order valence-electron chi connectivity index (χ0n) is 24.4. The first kappa shape index (κ1) is 25.9. The molecule has 6 aromatic carbocycles. The lowest BCUT2D eigenvalue weighted by atomic mass is 10.1. The summed E-state index contributed by atoms with van der Waals surface area (Å²) in [6.07, 6.45) is 0. The molecule has 9 rings (SSSR count). The number of aromatic nitrogens is 4. The minimum absolute atomic E-state index is 0.449. The molecule has 0 spiro atoms. The average Bonchev–Trinajstić information content (AvgIpc) is 3.65. The summed E-state index contributed by atoms with van der Waals surface area (Å²) in [5.74, 6) is 1.55. The Bertz CT molecular complexity index is 2590. The zero-order chi connectivity index (χ0) is 30.6. The van der Waals surface area contributed by atoms with Gasteiger partial charge in [0.25, 0.3) is 0 Å². The van der Waals surface area contributed by atoms with E-state index < -0.39 is 0 Å². The molecule has 214 valence electrons. The van der Waals surface area contributed by atoms with Crippen molar-refractivity contribution < 1.29 is 4.42 Å². The molecular weight excluding hydrogens is 566 g/mol. The van der Waals surface area contributed by atoms with Gasteiger partial charge in [-0.05, 0) is 42.5 Å². The summed E-state index contributed by atoms with van der Waals surface area (Å²) in [6, 6.07) is 48.8. The first-order valence-electron chi connectivity index (χ1n) is 15.0. The maximum atomic E-state index is 10.5. The number of nitriles is 1. The minimum atomic E-state index is 0.449. The molecule has 0 atom stereocenters. The van der Waals surface area contributed by atoms with E-state index in [4.69, 9.17) is 19.4 Å². The maximum Gasteiger partial charge on any atom is 0.165 e. The Balaban J connectivity index is 1.26. The molecule has 6 nitrogen and oxygen atoms in total. The van der Waals surface area contributed by atoms with E-state index in [2.05, 4.69) is 41.0 Å². The summed E-state index contributed by atoms with van der Waals surface area (Å²) in [7, 11) is 0. The van der Waals surface area contributed by atoms with Gasteiger partial charge in [0.1, 0.15) is 11.2 Å². The van der Waals surface area contributed by atoms with E-state index >= 15 is 0 Å². The van der Waals surface area contributed by atoms with Gasteiger partial charge in [-0.3, -0.25) is 0 Å². The molecule has 0 saturated carbocycles. The van der Waals surface area contributed by atoms with Crippen LogP contribution in [0.4, 0.5) is 0 Å². The highest BCUT2D eigenvalue weighted by Crippen LogP contribution is 2.39. The Morgan fingerprint density at radius 1 is 0.500 bits per heavy atom. The van der Waals surface area contributed by atoms with Gasteiger partial charge in [-0.1, -0.05) is 97.1 Å². The molecule has 3 heterocycles. The number of rotatable bonds is 4. The fourth-order valence-electron chi connectivity index (χ4n) is 6.35. The van der Waals surface area contributed by atoms with E-state index in [-0.39, 0.29) is 0 Å². The third-order valence-electron chi connectivity index (χ3n) is 8.49. The van der Waals surface area contributed by atoms with Crippen LogP contribution in [-0.2, 0) is 0 Å². The molecule has 0 amide bonds. The van der Waals surface area contributed by atoms with Gasteiger partial charge in [-0.2, -0.15) is 5.26 Å². The van der Waals surface area contributed by atoms with Gasteiger partial charge in [0, 0.05) is 43.9 Å². The van der Waals surface area contributed by atoms with Crippen LogP contribution in [0, 0.1) is 11.3 Å². The third-order valence-corrected chi connectivity index (χ3v) is 8.49. The molecule has 0 bridgehead atoms. The Kier molecular flexibility index (Phi) is 5.77. The van der Waals surface area contributed by atoms with Gasteiger partial charge >= 0.3 is 0 Å². The van der Waals surface area contributed by atoms with Crippen LogP contribution in [0.2, 0.25) is 0 Å². The van der Waals surface area contributed by atoms with Crippen LogP contribution >= 0.6 is 0 Å². The lowest BCUT2D eigenvalue weighted by Crippen LogP contribution is -2.02. The standard InChI is InChI=1S/C40H23N5O/c41-24-27-21-28(19-20-29(27)40-43-38(25-11-3-1-4-12-25)42-39(44-40)26-13-5-2-6-14-26)45-34-17-9-7-15-30(34)32-23-37-33(22-35(32)45)31-16-8-10-18-36(31)46-37/h1-23H. The van der Waals surface area contributed by atoms with E-state index in [1.807, 2.05) is 109 Å². The van der Waals surface area contributed by atoms with E-state index in [1.54, 1.807) is 0 Å². The van der Waals surface area contributed by atoms with Crippen molar-refractivity contribution in [3.05, 3.63) is 145 Å². The molecule has 9 aromatic rings. The molecule has 0 aliphatic heterocycles. The second kappa shape index (κ2) is 10.3. The van der Waals surface area contributed by atoms with Crippen LogP contribution in [0.3, 0.4) is 0 Å². The van der Waals surface area contributed by atoms with Crippen LogP contribution in [0.5, 0.6) is 0 Å². The molecule has 3 aromatic heterocycles. The number of nitrogens with zero attached hydrogens (tertiary/aromatic N) is 5. The quantitative estimate of drug-likeness (QED) is 0.204. The lowest BCUT2D eigenvalue weighted by molar-refractivity contribution is 0.669. The van der Waals surface area contributed by atoms with Gasteiger partial charge in [-0.15, -0.1) is 0 Å². The van der Waals surface area contributed by atoms with E-state index in [1.165, 1.54) is 0 Å². The van der Waals surface area contributed by atoms with Gasteiger partial charge < -0.3 is 8.98 Å². The largest absolute Gasteiger partial charge is 0.456 e. The molecule has 0 aliphatic carbocycles. The highest BCUT2D eigenvalue weighted by atomic mass is 16.3.